The van der Waals surface area contributed by atoms with Crippen LogP contribution in [-0.4, -0.2) is 34.5 Å². The Bertz CT molecular complexity index is 1010. The van der Waals surface area contributed by atoms with E-state index in [0.717, 1.165) is 22.2 Å². The normalized spacial score (nSPS) is 12.2. The predicted molar refractivity (Wildman–Crippen MR) is 93.1 cm³/mol. The number of rotatable bonds is 4. The monoisotopic (exact) mass is 344 g/mol. The second-order valence-corrected chi connectivity index (χ2v) is 7.98. The van der Waals surface area contributed by atoms with Crippen LogP contribution in [0.5, 0.6) is 0 Å². The second-order valence-electron chi connectivity index (χ2n) is 5.94. The van der Waals surface area contributed by atoms with Gasteiger partial charge in [-0.3, -0.25) is 4.68 Å². The topological polar surface area (TPSA) is 68.1 Å². The van der Waals surface area contributed by atoms with Crippen molar-refractivity contribution in [1.82, 2.24) is 19.1 Å². The molecule has 0 amide bonds. The van der Waals surface area contributed by atoms with Gasteiger partial charge < -0.3 is 0 Å². The Hall–Kier alpha value is -2.25. The molecule has 3 rings (SSSR count). The molecule has 0 fully saturated rings. The summed E-state index contributed by atoms with van der Waals surface area (Å²) in [5, 5.41) is 5.04. The second kappa shape index (κ2) is 5.99. The van der Waals surface area contributed by atoms with E-state index in [1.165, 1.54) is 10.5 Å². The van der Waals surface area contributed by atoms with Crippen molar-refractivity contribution in [2.24, 2.45) is 7.05 Å². The van der Waals surface area contributed by atoms with E-state index in [-0.39, 0.29) is 4.90 Å². The zero-order valence-corrected chi connectivity index (χ0v) is 15.0. The first kappa shape index (κ1) is 16.6. The van der Waals surface area contributed by atoms with Gasteiger partial charge in [-0.15, -0.1) is 0 Å². The van der Waals surface area contributed by atoms with Gasteiger partial charge in [-0.05, 0) is 31.0 Å². The van der Waals surface area contributed by atoms with Gasteiger partial charge in [0.05, 0.1) is 5.69 Å². The van der Waals surface area contributed by atoms with Crippen LogP contribution >= 0.6 is 0 Å². The van der Waals surface area contributed by atoms with Crippen molar-refractivity contribution in [3.63, 3.8) is 0 Å². The fourth-order valence-electron chi connectivity index (χ4n) is 2.72. The van der Waals surface area contributed by atoms with Crippen molar-refractivity contribution < 1.29 is 8.42 Å². The van der Waals surface area contributed by atoms with E-state index in [2.05, 4.69) is 10.1 Å². The highest BCUT2D eigenvalue weighted by Gasteiger charge is 2.23. The van der Waals surface area contributed by atoms with Crippen LogP contribution in [0.15, 0.2) is 41.4 Å². The van der Waals surface area contributed by atoms with E-state index in [4.69, 9.17) is 0 Å². The van der Waals surface area contributed by atoms with E-state index in [1.807, 2.05) is 38.1 Å². The Labute approximate surface area is 141 Å². The minimum absolute atomic E-state index is 0.183. The van der Waals surface area contributed by atoms with Gasteiger partial charge in [0.1, 0.15) is 4.90 Å². The van der Waals surface area contributed by atoms with E-state index < -0.39 is 10.0 Å². The van der Waals surface area contributed by atoms with Crippen LogP contribution in [0.25, 0.3) is 11.0 Å². The molecular formula is C17H20N4O2S. The van der Waals surface area contributed by atoms with E-state index in [0.29, 0.717) is 12.2 Å². The summed E-state index contributed by atoms with van der Waals surface area (Å²) in [6, 6.07) is 9.41. The molecule has 0 unspecified atom stereocenters. The van der Waals surface area contributed by atoms with Gasteiger partial charge >= 0.3 is 0 Å². The van der Waals surface area contributed by atoms with Crippen LogP contribution in [0.4, 0.5) is 0 Å². The number of aryl methyl sites for hydroxylation is 3. The molecular weight excluding hydrogens is 324 g/mol. The molecule has 6 nitrogen and oxygen atoms in total. The van der Waals surface area contributed by atoms with Gasteiger partial charge in [-0.2, -0.15) is 9.40 Å². The lowest BCUT2D eigenvalue weighted by molar-refractivity contribution is 0.466. The van der Waals surface area contributed by atoms with E-state index >= 15 is 0 Å². The Morgan fingerprint density at radius 3 is 2.62 bits per heavy atom. The molecule has 24 heavy (non-hydrogen) atoms. The molecule has 2 heterocycles. The Balaban J connectivity index is 1.98. The largest absolute Gasteiger partial charge is 0.250 e. The number of pyridine rings is 1. The number of hydrogen-bond donors (Lipinski definition) is 0. The first-order valence-electron chi connectivity index (χ1n) is 7.61. The molecule has 0 aliphatic rings. The van der Waals surface area contributed by atoms with Crippen molar-refractivity contribution in [2.75, 3.05) is 7.05 Å². The molecule has 0 atom stereocenters. The van der Waals surface area contributed by atoms with Gasteiger partial charge in [-0.1, -0.05) is 24.3 Å². The molecule has 0 saturated carbocycles. The summed E-state index contributed by atoms with van der Waals surface area (Å²) >= 11 is 0. The van der Waals surface area contributed by atoms with Crippen molar-refractivity contribution in [3.8, 4) is 0 Å². The fraction of sp³-hybridized carbons (Fsp3) is 0.294. The molecule has 0 spiro atoms. The number of aromatic nitrogens is 3. The maximum Gasteiger partial charge on any atom is 0.244 e. The third-order valence-corrected chi connectivity index (χ3v) is 5.97. The average Bonchev–Trinajstić information content (AvgIpc) is 2.83. The highest BCUT2D eigenvalue weighted by Crippen LogP contribution is 2.22. The fourth-order valence-corrected chi connectivity index (χ4v) is 3.84. The molecule has 0 bridgehead atoms. The molecule has 0 saturated heterocycles. The summed E-state index contributed by atoms with van der Waals surface area (Å²) in [5.41, 5.74) is 3.48. The maximum absolute atomic E-state index is 12.9. The maximum atomic E-state index is 12.9. The highest BCUT2D eigenvalue weighted by molar-refractivity contribution is 7.89. The standard InChI is InChI=1S/C17H20N4O2S/c1-12-7-5-6-8-14(12)11-20(3)24(22,23)15-9-16-13(2)19-21(4)17(16)18-10-15/h5-10H,11H2,1-4H3. The lowest BCUT2D eigenvalue weighted by Gasteiger charge is -2.18. The molecule has 7 heteroatoms. The number of sulfonamides is 1. The van der Waals surface area contributed by atoms with Gasteiger partial charge in [0, 0.05) is 32.2 Å². The van der Waals surface area contributed by atoms with Crippen molar-refractivity contribution in [3.05, 3.63) is 53.3 Å². The summed E-state index contributed by atoms with van der Waals surface area (Å²) in [4.78, 5) is 4.45. The van der Waals surface area contributed by atoms with Crippen LogP contribution < -0.4 is 0 Å². The smallest absolute Gasteiger partial charge is 0.244 e. The molecule has 0 N–H and O–H groups in total. The molecule has 126 valence electrons. The summed E-state index contributed by atoms with van der Waals surface area (Å²) < 4.78 is 28.7. The van der Waals surface area contributed by atoms with Gasteiger partial charge in [0.25, 0.3) is 0 Å². The van der Waals surface area contributed by atoms with Crippen molar-refractivity contribution >= 4 is 21.1 Å². The minimum Gasteiger partial charge on any atom is -0.250 e. The summed E-state index contributed by atoms with van der Waals surface area (Å²) in [6.45, 7) is 4.14. The Kier molecular flexibility index (Phi) is 4.15. The third kappa shape index (κ3) is 2.81. The molecule has 2 aromatic heterocycles. The summed E-state index contributed by atoms with van der Waals surface area (Å²) in [7, 11) is -0.241. The summed E-state index contributed by atoms with van der Waals surface area (Å²) in [6.07, 6.45) is 1.40. The first-order chi connectivity index (χ1) is 11.3. The van der Waals surface area contributed by atoms with E-state index in [9.17, 15) is 8.42 Å². The third-order valence-electron chi connectivity index (χ3n) is 4.20. The van der Waals surface area contributed by atoms with Gasteiger partial charge in [-0.25, -0.2) is 13.4 Å². The van der Waals surface area contributed by atoms with Gasteiger partial charge in [0.2, 0.25) is 10.0 Å². The Morgan fingerprint density at radius 2 is 1.92 bits per heavy atom. The number of nitrogens with zero attached hydrogens (tertiary/aromatic N) is 4. The predicted octanol–water partition coefficient (Wildman–Crippen LogP) is 2.41. The van der Waals surface area contributed by atoms with Crippen molar-refractivity contribution in [1.29, 1.82) is 0 Å². The lowest BCUT2D eigenvalue weighted by Crippen LogP contribution is -2.27. The number of fused-ring (bicyclic) bond motifs is 1. The van der Waals surface area contributed by atoms with Crippen LogP contribution in [0.2, 0.25) is 0 Å². The summed E-state index contributed by atoms with van der Waals surface area (Å²) in [5.74, 6) is 0. The molecule has 0 aliphatic heterocycles. The van der Waals surface area contributed by atoms with Crippen molar-refractivity contribution in [2.45, 2.75) is 25.3 Å². The molecule has 3 aromatic rings. The lowest BCUT2D eigenvalue weighted by atomic mass is 10.1. The zero-order chi connectivity index (χ0) is 17.5. The van der Waals surface area contributed by atoms with Crippen LogP contribution in [-0.2, 0) is 23.6 Å². The van der Waals surface area contributed by atoms with Crippen LogP contribution in [0.3, 0.4) is 0 Å². The van der Waals surface area contributed by atoms with Crippen LogP contribution in [0.1, 0.15) is 16.8 Å². The van der Waals surface area contributed by atoms with E-state index in [1.54, 1.807) is 24.8 Å². The molecule has 0 aliphatic carbocycles. The number of benzene rings is 1. The SMILES string of the molecule is Cc1ccccc1CN(C)S(=O)(=O)c1cnc2c(c1)c(C)nn2C. The minimum atomic E-state index is -3.62. The molecule has 0 radical (unpaired) electrons. The zero-order valence-electron chi connectivity index (χ0n) is 14.2. The molecule has 1 aromatic carbocycles. The van der Waals surface area contributed by atoms with Gasteiger partial charge in [0.15, 0.2) is 5.65 Å². The average molecular weight is 344 g/mol. The number of hydrogen-bond acceptors (Lipinski definition) is 4. The Morgan fingerprint density at radius 1 is 1.21 bits per heavy atom. The quantitative estimate of drug-likeness (QED) is 0.729. The van der Waals surface area contributed by atoms with Crippen LogP contribution in [0, 0.1) is 13.8 Å². The first-order valence-corrected chi connectivity index (χ1v) is 9.05. The highest BCUT2D eigenvalue weighted by atomic mass is 32.2.